The quantitative estimate of drug-likeness (QED) is 0.773. The van der Waals surface area contributed by atoms with Gasteiger partial charge in [-0.05, 0) is 30.5 Å². The fourth-order valence-corrected chi connectivity index (χ4v) is 2.98. The Balaban J connectivity index is 2.95. The standard InChI is InChI=1S/C12H19FN2O3S/c1-8(7-18-3)6-15-19(16,17)11-5-10(14)4-9(2)12(11)13/h4-5,8,15H,6-7,14H2,1-3H3. The van der Waals surface area contributed by atoms with Gasteiger partial charge in [0.15, 0.2) is 0 Å². The van der Waals surface area contributed by atoms with E-state index in [1.807, 2.05) is 6.92 Å². The number of anilines is 1. The summed E-state index contributed by atoms with van der Waals surface area (Å²) in [7, 11) is -2.38. The molecule has 0 saturated carbocycles. The van der Waals surface area contributed by atoms with Crippen molar-refractivity contribution in [3.05, 3.63) is 23.5 Å². The van der Waals surface area contributed by atoms with Gasteiger partial charge in [0.05, 0.1) is 0 Å². The average molecular weight is 290 g/mol. The van der Waals surface area contributed by atoms with Crippen molar-refractivity contribution < 1.29 is 17.5 Å². The number of nitrogens with two attached hydrogens (primary N) is 1. The number of hydrogen-bond acceptors (Lipinski definition) is 4. The van der Waals surface area contributed by atoms with E-state index in [0.717, 1.165) is 6.07 Å². The van der Waals surface area contributed by atoms with Crippen LogP contribution in [0.25, 0.3) is 0 Å². The lowest BCUT2D eigenvalue weighted by molar-refractivity contribution is 0.161. The Hall–Kier alpha value is -1.18. The first-order valence-electron chi connectivity index (χ1n) is 5.82. The van der Waals surface area contributed by atoms with Gasteiger partial charge < -0.3 is 10.5 Å². The Morgan fingerprint density at radius 1 is 1.47 bits per heavy atom. The van der Waals surface area contributed by atoms with Crippen molar-refractivity contribution in [2.75, 3.05) is 26.0 Å². The smallest absolute Gasteiger partial charge is 0.243 e. The van der Waals surface area contributed by atoms with Gasteiger partial charge in [-0.1, -0.05) is 6.92 Å². The summed E-state index contributed by atoms with van der Waals surface area (Å²) in [6.45, 7) is 3.88. The third-order valence-corrected chi connectivity index (χ3v) is 4.03. The van der Waals surface area contributed by atoms with Gasteiger partial charge in [0.1, 0.15) is 10.7 Å². The van der Waals surface area contributed by atoms with Gasteiger partial charge in [0, 0.05) is 25.9 Å². The van der Waals surface area contributed by atoms with Crippen LogP contribution in [0.3, 0.4) is 0 Å². The number of ether oxygens (including phenoxy) is 1. The third kappa shape index (κ3) is 4.15. The highest BCUT2D eigenvalue weighted by Crippen LogP contribution is 2.21. The molecular weight excluding hydrogens is 271 g/mol. The molecule has 7 heteroatoms. The van der Waals surface area contributed by atoms with Crippen LogP contribution in [0.15, 0.2) is 17.0 Å². The summed E-state index contributed by atoms with van der Waals surface area (Å²) in [6.07, 6.45) is 0. The number of nitrogen functional groups attached to an aromatic ring is 1. The van der Waals surface area contributed by atoms with Gasteiger partial charge in [-0.15, -0.1) is 0 Å². The number of halogens is 1. The molecule has 0 aliphatic carbocycles. The SMILES string of the molecule is COCC(C)CNS(=O)(=O)c1cc(N)cc(C)c1F. The molecule has 0 aliphatic heterocycles. The molecule has 0 heterocycles. The van der Waals surface area contributed by atoms with E-state index in [4.69, 9.17) is 10.5 Å². The maximum absolute atomic E-state index is 13.9. The molecule has 0 spiro atoms. The van der Waals surface area contributed by atoms with Crippen LogP contribution < -0.4 is 10.5 Å². The van der Waals surface area contributed by atoms with Crippen LogP contribution in [-0.4, -0.2) is 28.7 Å². The van der Waals surface area contributed by atoms with Gasteiger partial charge >= 0.3 is 0 Å². The topological polar surface area (TPSA) is 81.4 Å². The molecule has 0 saturated heterocycles. The first-order chi connectivity index (χ1) is 8.77. The molecule has 0 radical (unpaired) electrons. The molecule has 0 amide bonds. The lowest BCUT2D eigenvalue weighted by Crippen LogP contribution is -2.30. The first kappa shape index (κ1) is 15.9. The van der Waals surface area contributed by atoms with Gasteiger partial charge in [0.2, 0.25) is 10.0 Å². The number of hydrogen-bond donors (Lipinski definition) is 2. The van der Waals surface area contributed by atoms with Crippen LogP contribution in [-0.2, 0) is 14.8 Å². The fraction of sp³-hybridized carbons (Fsp3) is 0.500. The number of nitrogens with one attached hydrogen (secondary N) is 1. The van der Waals surface area contributed by atoms with E-state index in [9.17, 15) is 12.8 Å². The number of rotatable bonds is 6. The highest BCUT2D eigenvalue weighted by Gasteiger charge is 2.21. The Morgan fingerprint density at radius 3 is 2.68 bits per heavy atom. The fourth-order valence-electron chi connectivity index (χ4n) is 1.63. The Labute approximate surface area is 113 Å². The van der Waals surface area contributed by atoms with Crippen molar-refractivity contribution in [3.8, 4) is 0 Å². The summed E-state index contributed by atoms with van der Waals surface area (Å²) in [5.74, 6) is -0.786. The zero-order valence-electron chi connectivity index (χ0n) is 11.2. The van der Waals surface area contributed by atoms with Crippen molar-refractivity contribution in [3.63, 3.8) is 0 Å². The summed E-state index contributed by atoms with van der Waals surface area (Å²) in [4.78, 5) is -0.422. The van der Waals surface area contributed by atoms with Crippen molar-refractivity contribution in [1.29, 1.82) is 0 Å². The van der Waals surface area contributed by atoms with Crippen molar-refractivity contribution >= 4 is 15.7 Å². The Bertz CT molecular complexity index is 546. The van der Waals surface area contributed by atoms with Gasteiger partial charge in [-0.25, -0.2) is 17.5 Å². The molecule has 1 aromatic carbocycles. The zero-order valence-corrected chi connectivity index (χ0v) is 12.1. The van der Waals surface area contributed by atoms with Crippen LogP contribution in [0, 0.1) is 18.7 Å². The molecule has 19 heavy (non-hydrogen) atoms. The maximum Gasteiger partial charge on any atom is 0.243 e. The van der Waals surface area contributed by atoms with E-state index in [0.29, 0.717) is 6.61 Å². The largest absolute Gasteiger partial charge is 0.399 e. The van der Waals surface area contributed by atoms with Crippen LogP contribution in [0.4, 0.5) is 10.1 Å². The van der Waals surface area contributed by atoms with E-state index in [2.05, 4.69) is 4.72 Å². The van der Waals surface area contributed by atoms with Crippen LogP contribution in [0.5, 0.6) is 0 Å². The number of methoxy groups -OCH3 is 1. The summed E-state index contributed by atoms with van der Waals surface area (Å²) in [5, 5.41) is 0. The third-order valence-electron chi connectivity index (χ3n) is 2.61. The van der Waals surface area contributed by atoms with E-state index in [-0.39, 0.29) is 23.7 Å². The molecule has 0 bridgehead atoms. The second kappa shape index (κ2) is 6.31. The second-order valence-electron chi connectivity index (χ2n) is 4.56. The Morgan fingerprint density at radius 2 is 2.11 bits per heavy atom. The van der Waals surface area contributed by atoms with Crippen LogP contribution >= 0.6 is 0 Å². The highest BCUT2D eigenvalue weighted by molar-refractivity contribution is 7.89. The molecule has 3 N–H and O–H groups in total. The Kier molecular flexibility index (Phi) is 5.28. The molecule has 1 unspecified atom stereocenters. The van der Waals surface area contributed by atoms with Gasteiger partial charge in [-0.3, -0.25) is 0 Å². The minimum Gasteiger partial charge on any atom is -0.399 e. The summed E-state index contributed by atoms with van der Waals surface area (Å²) >= 11 is 0. The minimum atomic E-state index is -3.91. The molecule has 1 aromatic rings. The minimum absolute atomic E-state index is 0.00927. The summed E-state index contributed by atoms with van der Waals surface area (Å²) < 4.78 is 45.1. The number of sulfonamides is 1. The van der Waals surface area contributed by atoms with Crippen LogP contribution in [0.1, 0.15) is 12.5 Å². The molecule has 1 rings (SSSR count). The van der Waals surface area contributed by atoms with Crippen molar-refractivity contribution in [2.24, 2.45) is 5.92 Å². The first-order valence-corrected chi connectivity index (χ1v) is 7.30. The van der Waals surface area contributed by atoms with Crippen molar-refractivity contribution in [1.82, 2.24) is 4.72 Å². The molecule has 0 fully saturated rings. The lowest BCUT2D eigenvalue weighted by Gasteiger charge is -2.13. The number of aryl methyl sites for hydroxylation is 1. The second-order valence-corrected chi connectivity index (χ2v) is 6.30. The number of benzene rings is 1. The van der Waals surface area contributed by atoms with Gasteiger partial charge in [-0.2, -0.15) is 0 Å². The average Bonchev–Trinajstić information content (AvgIpc) is 2.31. The summed E-state index contributed by atoms with van der Waals surface area (Å²) in [6, 6.07) is 2.51. The predicted molar refractivity (Wildman–Crippen MR) is 71.8 cm³/mol. The van der Waals surface area contributed by atoms with Gasteiger partial charge in [0.25, 0.3) is 0 Å². The zero-order chi connectivity index (χ0) is 14.6. The van der Waals surface area contributed by atoms with E-state index < -0.39 is 20.7 Å². The maximum atomic E-state index is 13.9. The predicted octanol–water partition coefficient (Wildman–Crippen LogP) is 1.28. The lowest BCUT2D eigenvalue weighted by atomic mass is 10.2. The molecular formula is C12H19FN2O3S. The highest BCUT2D eigenvalue weighted by atomic mass is 32.2. The molecule has 0 aromatic heterocycles. The molecule has 108 valence electrons. The van der Waals surface area contributed by atoms with E-state index in [1.54, 1.807) is 0 Å². The molecule has 1 atom stereocenters. The molecule has 0 aliphatic rings. The summed E-state index contributed by atoms with van der Waals surface area (Å²) in [5.41, 5.74) is 5.96. The molecule has 5 nitrogen and oxygen atoms in total. The monoisotopic (exact) mass is 290 g/mol. The van der Waals surface area contributed by atoms with Crippen LogP contribution in [0.2, 0.25) is 0 Å². The van der Waals surface area contributed by atoms with E-state index >= 15 is 0 Å². The normalized spacial score (nSPS) is 13.5. The van der Waals surface area contributed by atoms with Crippen molar-refractivity contribution in [2.45, 2.75) is 18.7 Å². The van der Waals surface area contributed by atoms with E-state index in [1.165, 1.54) is 20.1 Å².